The SMILES string of the molecule is C[C@]12C[C@H](c3ccccc3)[C@@H]3c4ccc(O)cc4CC[C@H]3[C@@H]1CC[C@@H]2O. The molecule has 2 saturated carbocycles. The van der Waals surface area contributed by atoms with Crippen LogP contribution in [0.2, 0.25) is 0 Å². The minimum absolute atomic E-state index is 0.0378. The van der Waals surface area contributed by atoms with E-state index in [1.807, 2.05) is 12.1 Å². The highest BCUT2D eigenvalue weighted by atomic mass is 16.3. The van der Waals surface area contributed by atoms with Crippen LogP contribution in [0.5, 0.6) is 5.75 Å². The molecule has 0 radical (unpaired) electrons. The van der Waals surface area contributed by atoms with Gasteiger partial charge in [-0.15, -0.1) is 0 Å². The van der Waals surface area contributed by atoms with Gasteiger partial charge in [-0.3, -0.25) is 0 Å². The van der Waals surface area contributed by atoms with E-state index in [1.54, 1.807) is 0 Å². The van der Waals surface area contributed by atoms with Crippen molar-refractivity contribution in [2.24, 2.45) is 17.3 Å². The molecule has 3 aliphatic carbocycles. The molecule has 0 bridgehead atoms. The van der Waals surface area contributed by atoms with Crippen molar-refractivity contribution in [3.05, 3.63) is 65.2 Å². The number of phenols is 1. The van der Waals surface area contributed by atoms with E-state index in [2.05, 4.69) is 43.3 Å². The molecule has 2 aromatic rings. The number of phenolic OH excluding ortho intramolecular Hbond substituents is 1. The number of rotatable bonds is 1. The maximum atomic E-state index is 10.8. The van der Waals surface area contributed by atoms with Crippen LogP contribution in [0.3, 0.4) is 0 Å². The van der Waals surface area contributed by atoms with Crippen LogP contribution in [0.25, 0.3) is 0 Å². The predicted octanol–water partition coefficient (Wildman–Crippen LogP) is 5.00. The Morgan fingerprint density at radius 2 is 1.81 bits per heavy atom. The predicted molar refractivity (Wildman–Crippen MR) is 103 cm³/mol. The molecule has 3 aliphatic rings. The molecular formula is C24H28O2. The number of hydrogen-bond acceptors (Lipinski definition) is 2. The Morgan fingerprint density at radius 3 is 2.62 bits per heavy atom. The van der Waals surface area contributed by atoms with Crippen LogP contribution in [0.15, 0.2) is 48.5 Å². The van der Waals surface area contributed by atoms with Crippen molar-refractivity contribution in [1.29, 1.82) is 0 Å². The molecule has 0 aliphatic heterocycles. The summed E-state index contributed by atoms with van der Waals surface area (Å²) in [5.74, 6) is 2.58. The summed E-state index contributed by atoms with van der Waals surface area (Å²) in [6.45, 7) is 2.34. The Labute approximate surface area is 155 Å². The second-order valence-corrected chi connectivity index (χ2v) is 9.04. The fourth-order valence-corrected chi connectivity index (χ4v) is 6.69. The van der Waals surface area contributed by atoms with Gasteiger partial charge in [-0.05, 0) is 90.0 Å². The topological polar surface area (TPSA) is 40.5 Å². The molecule has 0 heterocycles. The molecule has 136 valence electrons. The summed E-state index contributed by atoms with van der Waals surface area (Å²) in [7, 11) is 0. The largest absolute Gasteiger partial charge is 0.508 e. The van der Waals surface area contributed by atoms with Gasteiger partial charge in [0.15, 0.2) is 0 Å². The molecular weight excluding hydrogens is 320 g/mol. The first-order valence-corrected chi connectivity index (χ1v) is 10.1. The summed E-state index contributed by atoms with van der Waals surface area (Å²) in [6, 6.07) is 16.9. The summed E-state index contributed by atoms with van der Waals surface area (Å²) in [4.78, 5) is 0. The smallest absolute Gasteiger partial charge is 0.115 e. The van der Waals surface area contributed by atoms with Crippen molar-refractivity contribution in [1.82, 2.24) is 0 Å². The maximum Gasteiger partial charge on any atom is 0.115 e. The second kappa shape index (κ2) is 5.85. The van der Waals surface area contributed by atoms with Gasteiger partial charge in [-0.2, -0.15) is 0 Å². The van der Waals surface area contributed by atoms with Crippen molar-refractivity contribution in [3.8, 4) is 5.75 Å². The van der Waals surface area contributed by atoms with Crippen molar-refractivity contribution in [3.63, 3.8) is 0 Å². The average molecular weight is 348 g/mol. The standard InChI is InChI=1S/C24H28O2/c1-24-14-20(15-5-3-2-4-6-15)23-18-10-8-17(25)13-16(18)7-9-19(23)21(24)11-12-22(24)26/h2-6,8,10,13,19-23,25-26H,7,9,11-12,14H2,1H3/t19-,20+,21-,22-,23+,24-/m0/s1. The zero-order valence-electron chi connectivity index (χ0n) is 15.4. The summed E-state index contributed by atoms with van der Waals surface area (Å²) in [6.07, 6.45) is 5.24. The Morgan fingerprint density at radius 1 is 1.00 bits per heavy atom. The highest BCUT2D eigenvalue weighted by molar-refractivity contribution is 5.43. The minimum Gasteiger partial charge on any atom is -0.508 e. The van der Waals surface area contributed by atoms with E-state index in [0.717, 1.165) is 25.7 Å². The van der Waals surface area contributed by atoms with Crippen LogP contribution >= 0.6 is 0 Å². The number of fused-ring (bicyclic) bond motifs is 5. The van der Waals surface area contributed by atoms with Gasteiger partial charge >= 0.3 is 0 Å². The van der Waals surface area contributed by atoms with E-state index in [-0.39, 0.29) is 11.5 Å². The Hall–Kier alpha value is -1.80. The van der Waals surface area contributed by atoms with E-state index in [4.69, 9.17) is 0 Å². The monoisotopic (exact) mass is 348 g/mol. The summed E-state index contributed by atoms with van der Waals surface area (Å²) >= 11 is 0. The number of aromatic hydroxyl groups is 1. The van der Waals surface area contributed by atoms with Gasteiger partial charge in [0.05, 0.1) is 6.10 Å². The van der Waals surface area contributed by atoms with E-state index in [1.165, 1.54) is 23.1 Å². The number of aryl methyl sites for hydroxylation is 1. The summed E-state index contributed by atoms with van der Waals surface area (Å²) < 4.78 is 0. The normalized spacial score (nSPS) is 38.3. The molecule has 26 heavy (non-hydrogen) atoms. The van der Waals surface area contributed by atoms with E-state index < -0.39 is 0 Å². The van der Waals surface area contributed by atoms with E-state index in [0.29, 0.717) is 29.4 Å². The highest BCUT2D eigenvalue weighted by Crippen LogP contribution is 2.65. The Bertz CT molecular complexity index is 814. The molecule has 2 N–H and O–H groups in total. The quantitative estimate of drug-likeness (QED) is 0.761. The molecule has 2 aromatic carbocycles. The third-order valence-corrected chi connectivity index (χ3v) is 7.89. The lowest BCUT2D eigenvalue weighted by atomic mass is 9.51. The van der Waals surface area contributed by atoms with Gasteiger partial charge in [0, 0.05) is 0 Å². The maximum absolute atomic E-state index is 10.8. The first kappa shape index (κ1) is 16.4. The molecule has 0 saturated heterocycles. The molecule has 0 amide bonds. The molecule has 0 unspecified atom stereocenters. The number of hydrogen-bond donors (Lipinski definition) is 2. The van der Waals surface area contributed by atoms with Crippen molar-refractivity contribution >= 4 is 0 Å². The molecule has 6 atom stereocenters. The lowest BCUT2D eigenvalue weighted by Crippen LogP contribution is -2.47. The van der Waals surface area contributed by atoms with Crippen LogP contribution in [-0.4, -0.2) is 16.3 Å². The summed E-state index contributed by atoms with van der Waals surface area (Å²) in [5, 5.41) is 20.8. The van der Waals surface area contributed by atoms with Crippen LogP contribution in [0, 0.1) is 17.3 Å². The molecule has 2 nitrogen and oxygen atoms in total. The van der Waals surface area contributed by atoms with Crippen molar-refractivity contribution in [2.45, 2.75) is 57.0 Å². The van der Waals surface area contributed by atoms with Crippen LogP contribution in [0.4, 0.5) is 0 Å². The molecule has 0 spiro atoms. The van der Waals surface area contributed by atoms with Gasteiger partial charge in [-0.1, -0.05) is 43.3 Å². The van der Waals surface area contributed by atoms with Crippen molar-refractivity contribution < 1.29 is 10.2 Å². The van der Waals surface area contributed by atoms with E-state index >= 15 is 0 Å². The minimum atomic E-state index is -0.166. The fraction of sp³-hybridized carbons (Fsp3) is 0.500. The van der Waals surface area contributed by atoms with Gasteiger partial charge in [0.1, 0.15) is 5.75 Å². The zero-order chi connectivity index (χ0) is 17.9. The van der Waals surface area contributed by atoms with Gasteiger partial charge in [0.25, 0.3) is 0 Å². The molecule has 2 heteroatoms. The lowest BCUT2D eigenvalue weighted by Gasteiger charge is -2.54. The van der Waals surface area contributed by atoms with Crippen LogP contribution in [-0.2, 0) is 6.42 Å². The van der Waals surface area contributed by atoms with E-state index in [9.17, 15) is 10.2 Å². The third-order valence-electron chi connectivity index (χ3n) is 7.89. The number of aliphatic hydroxyl groups excluding tert-OH is 1. The van der Waals surface area contributed by atoms with Crippen molar-refractivity contribution in [2.75, 3.05) is 0 Å². The highest BCUT2D eigenvalue weighted by Gasteiger charge is 2.57. The van der Waals surface area contributed by atoms with Gasteiger partial charge in [0.2, 0.25) is 0 Å². The van der Waals surface area contributed by atoms with Gasteiger partial charge in [-0.25, -0.2) is 0 Å². The van der Waals surface area contributed by atoms with Crippen LogP contribution < -0.4 is 0 Å². The second-order valence-electron chi connectivity index (χ2n) is 9.04. The molecule has 0 aromatic heterocycles. The molecule has 5 rings (SSSR count). The summed E-state index contributed by atoms with van der Waals surface area (Å²) in [5.41, 5.74) is 4.21. The lowest BCUT2D eigenvalue weighted by molar-refractivity contribution is -0.0322. The number of benzene rings is 2. The third kappa shape index (κ3) is 2.28. The number of aliphatic hydroxyl groups is 1. The average Bonchev–Trinajstić information content (AvgIpc) is 2.96. The zero-order valence-corrected chi connectivity index (χ0v) is 15.4. The molecule has 2 fully saturated rings. The fourth-order valence-electron chi connectivity index (χ4n) is 6.69. The van der Waals surface area contributed by atoms with Gasteiger partial charge < -0.3 is 10.2 Å². The Balaban J connectivity index is 1.66. The van der Waals surface area contributed by atoms with Crippen LogP contribution in [0.1, 0.15) is 61.1 Å². The first-order valence-electron chi connectivity index (χ1n) is 10.1. The Kier molecular flexibility index (Phi) is 3.69. The first-order chi connectivity index (χ1) is 12.6.